The lowest BCUT2D eigenvalue weighted by atomic mass is 10.3. The van der Waals surface area contributed by atoms with Crippen molar-refractivity contribution in [3.63, 3.8) is 0 Å². The summed E-state index contributed by atoms with van der Waals surface area (Å²) >= 11 is 1.25. The van der Waals surface area contributed by atoms with Crippen molar-refractivity contribution in [3.8, 4) is 0 Å². The number of hydrogen-bond donors (Lipinski definition) is 0. The SMILES string of the molecule is CCOP(=O)(OCC)C(=O)c1sccc1C. The largest absolute Gasteiger partial charge is 0.402 e. The lowest BCUT2D eigenvalue weighted by Crippen LogP contribution is -2.07. The standard InChI is InChI=1S/C10H15O4PS/c1-4-13-15(12,14-5-2)10(11)9-8(3)6-7-16-9/h6-7H,4-5H2,1-3H3. The Kier molecular flexibility index (Phi) is 4.87. The summed E-state index contributed by atoms with van der Waals surface area (Å²) in [5, 5.41) is 1.78. The maximum atomic E-state index is 12.2. The van der Waals surface area contributed by atoms with Crippen LogP contribution in [0.4, 0.5) is 0 Å². The first kappa shape index (κ1) is 13.6. The van der Waals surface area contributed by atoms with E-state index in [1.807, 2.05) is 0 Å². The molecule has 0 saturated carbocycles. The van der Waals surface area contributed by atoms with E-state index in [0.717, 1.165) is 5.56 Å². The highest BCUT2D eigenvalue weighted by molar-refractivity contribution is 7.73. The molecule has 0 aliphatic carbocycles. The minimum Gasteiger partial charge on any atom is -0.303 e. The van der Waals surface area contributed by atoms with Crippen molar-refractivity contribution in [1.82, 2.24) is 0 Å². The third kappa shape index (κ3) is 2.80. The highest BCUT2D eigenvalue weighted by Crippen LogP contribution is 2.52. The molecule has 0 atom stereocenters. The van der Waals surface area contributed by atoms with E-state index in [1.54, 1.807) is 32.2 Å². The number of carbonyl (C=O) groups is 1. The van der Waals surface area contributed by atoms with Crippen LogP contribution >= 0.6 is 18.9 Å². The molecule has 0 saturated heterocycles. The molecule has 0 radical (unpaired) electrons. The van der Waals surface area contributed by atoms with Crippen LogP contribution in [-0.4, -0.2) is 18.7 Å². The van der Waals surface area contributed by atoms with Crippen molar-refractivity contribution in [2.24, 2.45) is 0 Å². The molecular weight excluding hydrogens is 247 g/mol. The molecule has 1 heterocycles. The number of thiophene rings is 1. The van der Waals surface area contributed by atoms with Crippen molar-refractivity contribution in [1.29, 1.82) is 0 Å². The molecule has 0 aliphatic rings. The molecule has 1 aromatic rings. The Labute approximate surface area is 99.1 Å². The summed E-state index contributed by atoms with van der Waals surface area (Å²) in [6.07, 6.45) is 0. The molecule has 0 fully saturated rings. The van der Waals surface area contributed by atoms with Gasteiger partial charge in [-0.2, -0.15) is 0 Å². The van der Waals surface area contributed by atoms with Crippen LogP contribution in [0.15, 0.2) is 11.4 Å². The fourth-order valence-corrected chi connectivity index (χ4v) is 3.88. The molecular formula is C10H15O4PS. The number of aryl methyl sites for hydroxylation is 1. The average molecular weight is 262 g/mol. The van der Waals surface area contributed by atoms with Crippen molar-refractivity contribution in [3.05, 3.63) is 21.9 Å². The van der Waals surface area contributed by atoms with Crippen LogP contribution < -0.4 is 0 Å². The van der Waals surface area contributed by atoms with E-state index in [-0.39, 0.29) is 13.2 Å². The summed E-state index contributed by atoms with van der Waals surface area (Å²) < 4.78 is 22.2. The number of carbonyl (C=O) groups excluding carboxylic acids is 1. The van der Waals surface area contributed by atoms with Gasteiger partial charge in [-0.15, -0.1) is 11.3 Å². The predicted octanol–water partition coefficient (Wildman–Crippen LogP) is 3.46. The lowest BCUT2D eigenvalue weighted by Gasteiger charge is -2.14. The summed E-state index contributed by atoms with van der Waals surface area (Å²) in [4.78, 5) is 12.5. The van der Waals surface area contributed by atoms with Crippen molar-refractivity contribution < 1.29 is 18.4 Å². The molecule has 0 aliphatic heterocycles. The highest BCUT2D eigenvalue weighted by Gasteiger charge is 2.36. The summed E-state index contributed by atoms with van der Waals surface area (Å²) in [7, 11) is -3.65. The van der Waals surface area contributed by atoms with E-state index >= 15 is 0 Å². The molecule has 90 valence electrons. The Balaban J connectivity index is 3.01. The molecule has 1 aromatic heterocycles. The van der Waals surface area contributed by atoms with E-state index in [4.69, 9.17) is 9.05 Å². The van der Waals surface area contributed by atoms with Crippen LogP contribution in [0, 0.1) is 6.92 Å². The van der Waals surface area contributed by atoms with Crippen LogP contribution in [0.1, 0.15) is 29.1 Å². The number of hydrogen-bond acceptors (Lipinski definition) is 5. The van der Waals surface area contributed by atoms with Gasteiger partial charge in [-0.1, -0.05) is 0 Å². The van der Waals surface area contributed by atoms with Crippen LogP contribution in [0.25, 0.3) is 0 Å². The third-order valence-electron chi connectivity index (χ3n) is 1.90. The lowest BCUT2D eigenvalue weighted by molar-refractivity contribution is 0.100. The van der Waals surface area contributed by atoms with Gasteiger partial charge in [-0.25, -0.2) is 0 Å². The summed E-state index contributed by atoms with van der Waals surface area (Å²) in [5.74, 6) is 0. The van der Waals surface area contributed by atoms with Crippen LogP contribution in [0.5, 0.6) is 0 Å². The van der Waals surface area contributed by atoms with Crippen molar-refractivity contribution in [2.45, 2.75) is 20.8 Å². The Morgan fingerprint density at radius 1 is 1.38 bits per heavy atom. The number of rotatable bonds is 6. The first-order valence-electron chi connectivity index (χ1n) is 5.03. The normalized spacial score (nSPS) is 11.7. The zero-order chi connectivity index (χ0) is 12.2. The Morgan fingerprint density at radius 3 is 2.31 bits per heavy atom. The van der Waals surface area contributed by atoms with Crippen molar-refractivity contribution in [2.75, 3.05) is 13.2 Å². The fraction of sp³-hybridized carbons (Fsp3) is 0.500. The Morgan fingerprint density at radius 2 is 1.94 bits per heavy atom. The molecule has 1 rings (SSSR count). The first-order valence-corrected chi connectivity index (χ1v) is 7.45. The third-order valence-corrected chi connectivity index (χ3v) is 4.99. The topological polar surface area (TPSA) is 52.6 Å². The molecule has 0 amide bonds. The smallest absolute Gasteiger partial charge is 0.303 e. The highest BCUT2D eigenvalue weighted by atomic mass is 32.1. The molecule has 0 unspecified atom stereocenters. The second-order valence-corrected chi connectivity index (χ2v) is 5.90. The van der Waals surface area contributed by atoms with E-state index in [1.165, 1.54) is 11.3 Å². The molecule has 0 spiro atoms. The van der Waals surface area contributed by atoms with Gasteiger partial charge in [-0.05, 0) is 37.8 Å². The van der Waals surface area contributed by atoms with Gasteiger partial charge in [0.05, 0.1) is 18.1 Å². The monoisotopic (exact) mass is 262 g/mol. The minimum absolute atomic E-state index is 0.188. The Hall–Kier alpha value is -0.480. The minimum atomic E-state index is -3.65. The van der Waals surface area contributed by atoms with Crippen LogP contribution in [-0.2, 0) is 13.6 Å². The summed E-state index contributed by atoms with van der Waals surface area (Å²) in [5.41, 5.74) is 0.262. The summed E-state index contributed by atoms with van der Waals surface area (Å²) in [6, 6.07) is 1.81. The maximum Gasteiger partial charge on any atom is 0.402 e. The van der Waals surface area contributed by atoms with E-state index in [9.17, 15) is 9.36 Å². The van der Waals surface area contributed by atoms with Gasteiger partial charge in [0, 0.05) is 0 Å². The molecule has 16 heavy (non-hydrogen) atoms. The van der Waals surface area contributed by atoms with Gasteiger partial charge in [-0.3, -0.25) is 9.36 Å². The second kappa shape index (κ2) is 5.73. The van der Waals surface area contributed by atoms with Gasteiger partial charge in [0.1, 0.15) is 0 Å². The van der Waals surface area contributed by atoms with Crippen LogP contribution in [0.2, 0.25) is 0 Å². The van der Waals surface area contributed by atoms with Gasteiger partial charge in [0.2, 0.25) is 0 Å². The molecule has 4 nitrogen and oxygen atoms in total. The zero-order valence-corrected chi connectivity index (χ0v) is 11.3. The molecule has 0 bridgehead atoms. The quantitative estimate of drug-likeness (QED) is 0.737. The molecule has 0 N–H and O–H groups in total. The fourth-order valence-electron chi connectivity index (χ4n) is 1.21. The maximum absolute atomic E-state index is 12.2. The van der Waals surface area contributed by atoms with E-state index in [2.05, 4.69) is 0 Å². The van der Waals surface area contributed by atoms with E-state index < -0.39 is 13.1 Å². The average Bonchev–Trinajstić information content (AvgIpc) is 2.64. The molecule has 6 heteroatoms. The predicted molar refractivity (Wildman–Crippen MR) is 64.2 cm³/mol. The zero-order valence-electron chi connectivity index (χ0n) is 9.56. The van der Waals surface area contributed by atoms with E-state index in [0.29, 0.717) is 4.88 Å². The summed E-state index contributed by atoms with van der Waals surface area (Å²) in [6.45, 7) is 5.54. The molecule has 0 aromatic carbocycles. The first-order chi connectivity index (χ1) is 7.55. The van der Waals surface area contributed by atoms with Gasteiger partial charge in [0.15, 0.2) is 0 Å². The van der Waals surface area contributed by atoms with Crippen LogP contribution in [0.3, 0.4) is 0 Å². The van der Waals surface area contributed by atoms with Crippen molar-refractivity contribution >= 4 is 24.5 Å². The van der Waals surface area contributed by atoms with Gasteiger partial charge in [0.25, 0.3) is 5.52 Å². The van der Waals surface area contributed by atoms with Gasteiger partial charge >= 0.3 is 7.60 Å². The second-order valence-electron chi connectivity index (χ2n) is 3.07. The van der Waals surface area contributed by atoms with Gasteiger partial charge < -0.3 is 9.05 Å². The Bertz CT molecular complexity index is 403.